The number of thiazole rings is 1. The summed E-state index contributed by atoms with van der Waals surface area (Å²) in [6.45, 7) is 4.42. The maximum Gasteiger partial charge on any atom is 0.263 e. The van der Waals surface area contributed by atoms with Gasteiger partial charge in [-0.1, -0.05) is 52.6 Å². The molecule has 176 valence electrons. The second kappa shape index (κ2) is 9.88. The van der Waals surface area contributed by atoms with Crippen molar-refractivity contribution in [3.05, 3.63) is 74.2 Å². The molecule has 1 atom stereocenters. The molecule has 5 nitrogen and oxygen atoms in total. The van der Waals surface area contributed by atoms with Gasteiger partial charge in [0, 0.05) is 36.9 Å². The van der Waals surface area contributed by atoms with Gasteiger partial charge in [-0.3, -0.25) is 10.1 Å². The van der Waals surface area contributed by atoms with Gasteiger partial charge in [0.15, 0.2) is 5.13 Å². The number of terminal acetylenes is 1. The van der Waals surface area contributed by atoms with E-state index in [0.717, 1.165) is 16.9 Å². The summed E-state index contributed by atoms with van der Waals surface area (Å²) in [5.41, 5.74) is -0.244. The quantitative estimate of drug-likeness (QED) is 0.446. The summed E-state index contributed by atoms with van der Waals surface area (Å²) in [6.07, 6.45) is 5.82. The Bertz CT molecular complexity index is 1250. The lowest BCUT2D eigenvalue weighted by atomic mass is 9.81. The topological polar surface area (TPSA) is 57.3 Å². The Morgan fingerprint density at radius 3 is 2.41 bits per heavy atom. The van der Waals surface area contributed by atoms with Crippen LogP contribution in [0.4, 0.5) is 19.6 Å². The van der Waals surface area contributed by atoms with Crippen LogP contribution in [0.3, 0.4) is 0 Å². The van der Waals surface area contributed by atoms with Crippen molar-refractivity contribution in [2.45, 2.75) is 12.3 Å². The molecule has 4 rings (SSSR count). The van der Waals surface area contributed by atoms with Crippen LogP contribution in [0.15, 0.2) is 36.4 Å². The normalized spacial score (nSPS) is 15.5. The minimum atomic E-state index is -1.01. The number of rotatable bonds is 5. The van der Waals surface area contributed by atoms with E-state index in [1.54, 1.807) is 31.2 Å². The molecule has 0 spiro atoms. The van der Waals surface area contributed by atoms with Gasteiger partial charge in [-0.05, 0) is 36.8 Å². The molecule has 0 radical (unpaired) electrons. The molecular formula is C24H20Cl2F2N4OS. The summed E-state index contributed by atoms with van der Waals surface area (Å²) >= 11 is 13.3. The number of hydrogen-bond acceptors (Lipinski definition) is 5. The first-order chi connectivity index (χ1) is 16.2. The highest BCUT2D eigenvalue weighted by Gasteiger charge is 2.33. The van der Waals surface area contributed by atoms with Gasteiger partial charge in [0.05, 0.1) is 11.1 Å². The minimum Gasteiger partial charge on any atom is -0.369 e. The van der Waals surface area contributed by atoms with E-state index in [0.29, 0.717) is 42.6 Å². The van der Waals surface area contributed by atoms with E-state index in [4.69, 9.17) is 29.6 Å². The van der Waals surface area contributed by atoms with Crippen molar-refractivity contribution in [3.8, 4) is 12.3 Å². The highest BCUT2D eigenvalue weighted by atomic mass is 35.5. The molecule has 0 unspecified atom stereocenters. The van der Waals surface area contributed by atoms with Gasteiger partial charge in [-0.15, -0.1) is 6.42 Å². The molecule has 2 heterocycles. The van der Waals surface area contributed by atoms with Gasteiger partial charge in [0.1, 0.15) is 21.5 Å². The molecule has 1 aliphatic rings. The number of piperazine rings is 1. The summed E-state index contributed by atoms with van der Waals surface area (Å²) in [6, 6.07) is 9.26. The first kappa shape index (κ1) is 24.4. The molecule has 34 heavy (non-hydrogen) atoms. The maximum absolute atomic E-state index is 14.8. The van der Waals surface area contributed by atoms with Crippen molar-refractivity contribution in [2.75, 3.05) is 36.4 Å². The fourth-order valence-electron chi connectivity index (χ4n) is 3.78. The molecule has 0 saturated carbocycles. The lowest BCUT2D eigenvalue weighted by Gasteiger charge is -2.29. The Hall–Kier alpha value is -2.70. The SMILES string of the molecule is C#C[C@@](C)(c1ccc(Cl)cc1)c1nc(NC(=O)c2c(F)cc(N3CCNCC3)cc2F)sc1Cl. The Kier molecular flexibility index (Phi) is 7.10. The van der Waals surface area contributed by atoms with E-state index in [2.05, 4.69) is 21.5 Å². The molecule has 10 heteroatoms. The molecule has 0 bridgehead atoms. The van der Waals surface area contributed by atoms with Crippen LogP contribution < -0.4 is 15.5 Å². The van der Waals surface area contributed by atoms with E-state index in [1.807, 2.05) is 4.90 Å². The van der Waals surface area contributed by atoms with Crippen molar-refractivity contribution >= 4 is 51.3 Å². The number of amides is 1. The first-order valence-corrected chi connectivity index (χ1v) is 12.0. The van der Waals surface area contributed by atoms with Crippen molar-refractivity contribution in [2.24, 2.45) is 0 Å². The van der Waals surface area contributed by atoms with Gasteiger partial charge in [-0.25, -0.2) is 13.8 Å². The Morgan fingerprint density at radius 1 is 1.21 bits per heavy atom. The predicted molar refractivity (Wildman–Crippen MR) is 133 cm³/mol. The van der Waals surface area contributed by atoms with Gasteiger partial charge in [-0.2, -0.15) is 0 Å². The third-order valence-corrected chi connectivity index (χ3v) is 7.15. The largest absolute Gasteiger partial charge is 0.369 e. The Labute approximate surface area is 210 Å². The van der Waals surface area contributed by atoms with Crippen molar-refractivity contribution in [3.63, 3.8) is 0 Å². The number of nitrogens with one attached hydrogen (secondary N) is 2. The summed E-state index contributed by atoms with van der Waals surface area (Å²) in [5, 5.41) is 6.25. The number of carbonyl (C=O) groups is 1. The van der Waals surface area contributed by atoms with E-state index < -0.39 is 28.5 Å². The molecule has 1 aromatic heterocycles. The maximum atomic E-state index is 14.8. The number of halogens is 4. The Balaban J connectivity index is 1.59. The number of benzene rings is 2. The van der Waals surface area contributed by atoms with Crippen LogP contribution in [0, 0.1) is 24.0 Å². The van der Waals surface area contributed by atoms with Gasteiger partial charge in [0.2, 0.25) is 0 Å². The minimum absolute atomic E-state index is 0.0745. The van der Waals surface area contributed by atoms with Crippen LogP contribution in [-0.2, 0) is 5.41 Å². The zero-order valence-electron chi connectivity index (χ0n) is 18.1. The number of hydrogen-bond donors (Lipinski definition) is 2. The van der Waals surface area contributed by atoms with Crippen LogP contribution >= 0.6 is 34.5 Å². The van der Waals surface area contributed by atoms with Crippen molar-refractivity contribution in [1.82, 2.24) is 10.3 Å². The molecule has 2 aromatic carbocycles. The van der Waals surface area contributed by atoms with Gasteiger partial charge >= 0.3 is 0 Å². The molecule has 1 amide bonds. The smallest absolute Gasteiger partial charge is 0.263 e. The lowest BCUT2D eigenvalue weighted by Crippen LogP contribution is -2.43. The van der Waals surface area contributed by atoms with Crippen LogP contribution in [0.25, 0.3) is 0 Å². The molecule has 1 aliphatic heterocycles. The summed E-state index contributed by atoms with van der Waals surface area (Å²) in [5.74, 6) is -0.175. The fourth-order valence-corrected chi connectivity index (χ4v) is 5.15. The molecule has 0 aliphatic carbocycles. The van der Waals surface area contributed by atoms with Crippen LogP contribution in [0.2, 0.25) is 9.36 Å². The average Bonchev–Trinajstić information content (AvgIpc) is 3.19. The van der Waals surface area contributed by atoms with E-state index in [1.165, 1.54) is 12.1 Å². The zero-order valence-corrected chi connectivity index (χ0v) is 20.4. The molecular weight excluding hydrogens is 501 g/mol. The Morgan fingerprint density at radius 2 is 1.82 bits per heavy atom. The van der Waals surface area contributed by atoms with Gasteiger partial charge in [0.25, 0.3) is 5.91 Å². The fraction of sp³-hybridized carbons (Fsp3) is 0.250. The third-order valence-electron chi connectivity index (χ3n) is 5.73. The lowest BCUT2D eigenvalue weighted by molar-refractivity contribution is 0.101. The number of anilines is 2. The standard InChI is InChI=1S/C24H20Cl2F2N4OS/c1-3-24(2,14-4-6-15(25)7-5-14)20-21(26)34-23(30-20)31-22(33)19-17(27)12-16(13-18(19)28)32-10-8-29-9-11-32/h1,4-7,12-13,29H,8-11H2,2H3,(H,30,31,33)/t24-/m0/s1. The number of nitrogens with zero attached hydrogens (tertiary/aromatic N) is 2. The van der Waals surface area contributed by atoms with E-state index in [-0.39, 0.29) is 9.47 Å². The summed E-state index contributed by atoms with van der Waals surface area (Å²) < 4.78 is 29.8. The summed E-state index contributed by atoms with van der Waals surface area (Å²) in [4.78, 5) is 19.0. The first-order valence-electron chi connectivity index (χ1n) is 10.4. The molecule has 1 saturated heterocycles. The highest BCUT2D eigenvalue weighted by Crippen LogP contribution is 2.40. The van der Waals surface area contributed by atoms with E-state index >= 15 is 0 Å². The molecule has 1 fully saturated rings. The van der Waals surface area contributed by atoms with Gasteiger partial charge < -0.3 is 10.2 Å². The zero-order chi connectivity index (χ0) is 24.5. The number of aromatic nitrogens is 1. The van der Waals surface area contributed by atoms with Crippen LogP contribution in [-0.4, -0.2) is 37.1 Å². The van der Waals surface area contributed by atoms with E-state index in [9.17, 15) is 13.6 Å². The second-order valence-electron chi connectivity index (χ2n) is 7.89. The predicted octanol–water partition coefficient (Wildman–Crippen LogP) is 5.33. The highest BCUT2D eigenvalue weighted by molar-refractivity contribution is 7.19. The van der Waals surface area contributed by atoms with Crippen molar-refractivity contribution in [1.29, 1.82) is 0 Å². The number of carbonyl (C=O) groups excluding carboxylic acids is 1. The molecule has 2 N–H and O–H groups in total. The second-order valence-corrected chi connectivity index (χ2v) is 9.93. The van der Waals surface area contributed by atoms with Crippen molar-refractivity contribution < 1.29 is 13.6 Å². The third kappa shape index (κ3) is 4.75. The monoisotopic (exact) mass is 520 g/mol. The van der Waals surface area contributed by atoms with Crippen LogP contribution in [0.5, 0.6) is 0 Å². The van der Waals surface area contributed by atoms with Crippen LogP contribution in [0.1, 0.15) is 28.5 Å². The molecule has 3 aromatic rings. The average molecular weight is 521 g/mol. The summed E-state index contributed by atoms with van der Waals surface area (Å²) in [7, 11) is 0.